The van der Waals surface area contributed by atoms with Gasteiger partial charge in [0, 0.05) is 23.8 Å². The summed E-state index contributed by atoms with van der Waals surface area (Å²) in [7, 11) is 0. The maximum Gasteiger partial charge on any atom is 0.253 e. The van der Waals surface area contributed by atoms with Gasteiger partial charge in [0.2, 0.25) is 11.8 Å². The van der Waals surface area contributed by atoms with E-state index >= 15 is 0 Å². The van der Waals surface area contributed by atoms with Crippen LogP contribution in [-0.2, 0) is 19.9 Å². The molecule has 3 saturated heterocycles. The minimum absolute atomic E-state index is 0.0518. The monoisotopic (exact) mass is 429 g/mol. The van der Waals surface area contributed by atoms with Crippen molar-refractivity contribution in [3.05, 3.63) is 59.2 Å². The number of hydrogen-bond acceptors (Lipinski definition) is 4. The maximum absolute atomic E-state index is 14.1. The summed E-state index contributed by atoms with van der Waals surface area (Å²) in [5, 5.41) is 0. The van der Waals surface area contributed by atoms with Crippen molar-refractivity contribution < 1.29 is 14.4 Å². The molecular weight excluding hydrogens is 402 g/mol. The first-order chi connectivity index (χ1) is 15.4. The molecule has 0 radical (unpaired) electrons. The van der Waals surface area contributed by atoms with Crippen LogP contribution in [0.15, 0.2) is 42.5 Å². The SMILES string of the molecule is CCN1C(=O)[C@]2(c3ccccc31)[C@@H]1C(=O)N(c3cc(C)cc(C)c3)C(=O)[C@H]1[C@@H]1CCCN12. The van der Waals surface area contributed by atoms with Gasteiger partial charge < -0.3 is 4.90 Å². The summed E-state index contributed by atoms with van der Waals surface area (Å²) in [4.78, 5) is 47.4. The van der Waals surface area contributed by atoms with Crippen molar-refractivity contribution in [2.24, 2.45) is 11.8 Å². The lowest BCUT2D eigenvalue weighted by molar-refractivity contribution is -0.137. The number of amides is 3. The number of aryl methyl sites for hydroxylation is 2. The van der Waals surface area contributed by atoms with Gasteiger partial charge in [0.15, 0.2) is 0 Å². The van der Waals surface area contributed by atoms with Crippen molar-refractivity contribution >= 4 is 29.1 Å². The van der Waals surface area contributed by atoms with E-state index in [0.29, 0.717) is 12.2 Å². The minimum Gasteiger partial charge on any atom is -0.310 e. The van der Waals surface area contributed by atoms with E-state index in [1.54, 1.807) is 4.90 Å². The van der Waals surface area contributed by atoms with E-state index in [4.69, 9.17) is 0 Å². The predicted molar refractivity (Wildman–Crippen MR) is 121 cm³/mol. The molecule has 4 heterocycles. The van der Waals surface area contributed by atoms with E-state index in [0.717, 1.165) is 41.8 Å². The van der Waals surface area contributed by atoms with Gasteiger partial charge in [0.1, 0.15) is 5.54 Å². The third-order valence-corrected chi connectivity index (χ3v) is 7.93. The molecule has 0 aromatic heterocycles. The second-order valence-corrected chi connectivity index (χ2v) is 9.60. The Bertz CT molecular complexity index is 1170. The molecule has 0 bridgehead atoms. The number of para-hydroxylation sites is 1. The lowest BCUT2D eigenvalue weighted by Gasteiger charge is -2.37. The normalized spacial score (nSPS) is 31.1. The second-order valence-electron chi connectivity index (χ2n) is 9.60. The second kappa shape index (κ2) is 6.51. The fourth-order valence-corrected chi connectivity index (χ4v) is 6.99. The highest BCUT2D eigenvalue weighted by Gasteiger charge is 2.75. The fourth-order valence-electron chi connectivity index (χ4n) is 6.99. The van der Waals surface area contributed by atoms with Crippen molar-refractivity contribution in [1.29, 1.82) is 0 Å². The van der Waals surface area contributed by atoms with Crippen LogP contribution >= 0.6 is 0 Å². The Balaban J connectivity index is 1.57. The maximum atomic E-state index is 14.1. The number of likely N-dealkylation sites (N-methyl/N-ethyl adjacent to an activating group) is 1. The zero-order chi connectivity index (χ0) is 22.4. The zero-order valence-corrected chi connectivity index (χ0v) is 18.7. The van der Waals surface area contributed by atoms with Crippen molar-refractivity contribution in [1.82, 2.24) is 4.90 Å². The largest absolute Gasteiger partial charge is 0.310 e. The van der Waals surface area contributed by atoms with E-state index < -0.39 is 17.4 Å². The summed E-state index contributed by atoms with van der Waals surface area (Å²) in [6.45, 7) is 7.18. The molecule has 2 aromatic rings. The van der Waals surface area contributed by atoms with Gasteiger partial charge in [-0.3, -0.25) is 19.3 Å². The molecule has 6 heteroatoms. The summed E-state index contributed by atoms with van der Waals surface area (Å²) >= 11 is 0. The molecule has 32 heavy (non-hydrogen) atoms. The summed E-state index contributed by atoms with van der Waals surface area (Å²) in [5.41, 5.74) is 3.31. The molecular formula is C26H27N3O3. The van der Waals surface area contributed by atoms with Crippen molar-refractivity contribution in [2.75, 3.05) is 22.9 Å². The Hall–Kier alpha value is -2.99. The molecule has 4 atom stereocenters. The van der Waals surface area contributed by atoms with Crippen molar-refractivity contribution in [3.63, 3.8) is 0 Å². The molecule has 6 nitrogen and oxygen atoms in total. The zero-order valence-electron chi connectivity index (χ0n) is 18.7. The highest BCUT2D eigenvalue weighted by atomic mass is 16.2. The third kappa shape index (κ3) is 2.16. The first-order valence-electron chi connectivity index (χ1n) is 11.6. The average Bonchev–Trinajstić information content (AvgIpc) is 3.45. The van der Waals surface area contributed by atoms with Gasteiger partial charge in [0.05, 0.1) is 17.5 Å². The van der Waals surface area contributed by atoms with Gasteiger partial charge in [-0.25, -0.2) is 4.90 Å². The smallest absolute Gasteiger partial charge is 0.253 e. The van der Waals surface area contributed by atoms with Crippen LogP contribution in [0.3, 0.4) is 0 Å². The number of imide groups is 1. The third-order valence-electron chi connectivity index (χ3n) is 7.93. The molecule has 3 fully saturated rings. The lowest BCUT2D eigenvalue weighted by atomic mass is 9.75. The molecule has 0 unspecified atom stereocenters. The van der Waals surface area contributed by atoms with Crippen LogP contribution in [-0.4, -0.2) is 41.8 Å². The van der Waals surface area contributed by atoms with Crippen LogP contribution in [0.1, 0.15) is 36.5 Å². The molecule has 0 aliphatic carbocycles. The van der Waals surface area contributed by atoms with Crippen LogP contribution in [0.2, 0.25) is 0 Å². The number of benzene rings is 2. The number of rotatable bonds is 2. The van der Waals surface area contributed by atoms with E-state index in [1.165, 1.54) is 4.90 Å². The van der Waals surface area contributed by atoms with Crippen molar-refractivity contribution in [3.8, 4) is 0 Å². The van der Waals surface area contributed by atoms with Crippen LogP contribution in [0.25, 0.3) is 0 Å². The number of anilines is 2. The summed E-state index contributed by atoms with van der Waals surface area (Å²) in [6.07, 6.45) is 1.77. The van der Waals surface area contributed by atoms with Gasteiger partial charge >= 0.3 is 0 Å². The molecule has 0 N–H and O–H groups in total. The molecule has 6 rings (SSSR count). The number of nitrogens with zero attached hydrogens (tertiary/aromatic N) is 3. The molecule has 4 aliphatic rings. The van der Waals surface area contributed by atoms with Crippen LogP contribution < -0.4 is 9.80 Å². The van der Waals surface area contributed by atoms with Crippen LogP contribution in [0, 0.1) is 25.7 Å². The van der Waals surface area contributed by atoms with Crippen LogP contribution in [0.5, 0.6) is 0 Å². The highest BCUT2D eigenvalue weighted by molar-refractivity contribution is 6.26. The molecule has 3 amide bonds. The Labute approximate surface area is 187 Å². The standard InChI is InChI=1S/C26H27N3O3/c1-4-27-19-9-6-5-8-18(19)26(25(27)32)22-21(20-10-7-11-28(20)26)23(30)29(24(22)31)17-13-15(2)12-16(3)14-17/h5-6,8-9,12-14,20-22H,4,7,10-11H2,1-3H3/t20-,21-,22-,26-/m0/s1. The quantitative estimate of drug-likeness (QED) is 0.688. The molecule has 0 saturated carbocycles. The Morgan fingerprint density at radius 3 is 2.44 bits per heavy atom. The number of carbonyl (C=O) groups is 3. The Morgan fingerprint density at radius 1 is 1.00 bits per heavy atom. The molecule has 2 aromatic carbocycles. The molecule has 4 aliphatic heterocycles. The Kier molecular flexibility index (Phi) is 4.01. The van der Waals surface area contributed by atoms with Gasteiger partial charge in [-0.2, -0.15) is 0 Å². The van der Waals surface area contributed by atoms with E-state index in [-0.39, 0.29) is 23.8 Å². The van der Waals surface area contributed by atoms with Crippen LogP contribution in [0.4, 0.5) is 11.4 Å². The summed E-state index contributed by atoms with van der Waals surface area (Å²) < 4.78 is 0. The average molecular weight is 430 g/mol. The van der Waals surface area contributed by atoms with Gasteiger partial charge in [-0.05, 0) is 69.5 Å². The first-order valence-corrected chi connectivity index (χ1v) is 11.6. The number of fused-ring (bicyclic) bond motifs is 7. The van der Waals surface area contributed by atoms with E-state index in [1.807, 2.05) is 63.2 Å². The Morgan fingerprint density at radius 2 is 1.72 bits per heavy atom. The summed E-state index contributed by atoms with van der Waals surface area (Å²) in [5.74, 6) is -1.62. The number of carbonyl (C=O) groups excluding carboxylic acids is 3. The molecule has 1 spiro atoms. The highest BCUT2D eigenvalue weighted by Crippen LogP contribution is 2.61. The predicted octanol–water partition coefficient (Wildman–Crippen LogP) is 3.15. The van der Waals surface area contributed by atoms with Crippen molar-refractivity contribution in [2.45, 2.75) is 45.2 Å². The topological polar surface area (TPSA) is 60.9 Å². The lowest BCUT2D eigenvalue weighted by Crippen LogP contribution is -2.56. The fraction of sp³-hybridized carbons (Fsp3) is 0.423. The molecule has 164 valence electrons. The van der Waals surface area contributed by atoms with Gasteiger partial charge in [-0.15, -0.1) is 0 Å². The van der Waals surface area contributed by atoms with Gasteiger partial charge in [-0.1, -0.05) is 24.3 Å². The first kappa shape index (κ1) is 19.7. The van der Waals surface area contributed by atoms with E-state index in [9.17, 15) is 14.4 Å². The van der Waals surface area contributed by atoms with Gasteiger partial charge in [0.25, 0.3) is 5.91 Å². The summed E-state index contributed by atoms with van der Waals surface area (Å²) in [6, 6.07) is 13.6. The number of hydrogen-bond donors (Lipinski definition) is 0. The minimum atomic E-state index is -1.08. The van der Waals surface area contributed by atoms with E-state index in [2.05, 4.69) is 4.90 Å².